The Balaban J connectivity index is 1.15. The van der Waals surface area contributed by atoms with Crippen molar-refractivity contribution < 1.29 is 0 Å². The van der Waals surface area contributed by atoms with Gasteiger partial charge < -0.3 is 4.57 Å². The first-order chi connectivity index (χ1) is 27.2. The maximum atomic E-state index is 10.7. The minimum Gasteiger partial charge on any atom is -0.318 e. The van der Waals surface area contributed by atoms with E-state index in [4.69, 9.17) is 16.5 Å². The molecule has 0 unspecified atom stereocenters. The van der Waals surface area contributed by atoms with Gasteiger partial charge in [-0.3, -0.25) is 0 Å². The fourth-order valence-corrected chi connectivity index (χ4v) is 10.4. The second-order valence-electron chi connectivity index (χ2n) is 13.5. The van der Waals surface area contributed by atoms with Gasteiger partial charge in [0.1, 0.15) is 11.6 Å². The Hall–Kier alpha value is -7.16. The molecule has 0 saturated heterocycles. The van der Waals surface area contributed by atoms with Crippen LogP contribution in [0.5, 0.6) is 0 Å². The summed E-state index contributed by atoms with van der Waals surface area (Å²) in [5, 5.41) is 17.9. The van der Waals surface area contributed by atoms with Gasteiger partial charge in [-0.15, -0.1) is 22.7 Å². The van der Waals surface area contributed by atoms with Crippen molar-refractivity contribution in [1.29, 1.82) is 5.26 Å². The van der Waals surface area contributed by atoms with Gasteiger partial charge in [0.15, 0.2) is 5.82 Å². The van der Waals surface area contributed by atoms with Crippen molar-refractivity contribution in [2.45, 2.75) is 0 Å². The largest absolute Gasteiger partial charge is 0.318 e. The second kappa shape index (κ2) is 12.2. The first-order valence-electron chi connectivity index (χ1n) is 17.8. The molecular formula is C48H25N5S2. The summed E-state index contributed by atoms with van der Waals surface area (Å²) in [4.78, 5) is 14.3. The molecule has 0 aliphatic carbocycles. The highest BCUT2D eigenvalue weighted by Gasteiger charge is 2.23. The molecule has 0 bridgehead atoms. The molecule has 254 valence electrons. The number of thiophene rings is 2. The van der Waals surface area contributed by atoms with Crippen molar-refractivity contribution in [3.05, 3.63) is 169 Å². The van der Waals surface area contributed by atoms with Crippen molar-refractivity contribution in [3.8, 4) is 45.7 Å². The molecule has 4 heterocycles. The van der Waals surface area contributed by atoms with E-state index in [1.54, 1.807) is 22.7 Å². The number of rotatable bonds is 4. The van der Waals surface area contributed by atoms with Crippen LogP contribution in [0.15, 0.2) is 152 Å². The van der Waals surface area contributed by atoms with E-state index in [0.717, 1.165) is 43.3 Å². The third kappa shape index (κ3) is 4.75. The quantitative estimate of drug-likeness (QED) is 0.169. The smallest absolute Gasteiger partial charge is 0.211 e. The minimum atomic E-state index is 0.366. The Labute approximate surface area is 323 Å². The lowest BCUT2D eigenvalue weighted by molar-refractivity contribution is 1.16. The Bertz CT molecular complexity index is 3470. The third-order valence-electron chi connectivity index (χ3n) is 10.5. The molecule has 0 aliphatic rings. The van der Waals surface area contributed by atoms with Gasteiger partial charge in [-0.1, -0.05) is 115 Å². The fourth-order valence-electron chi connectivity index (χ4n) is 8.00. The molecule has 0 radical (unpaired) electrons. The summed E-state index contributed by atoms with van der Waals surface area (Å²) >= 11 is 3.53. The summed E-state index contributed by atoms with van der Waals surface area (Å²) in [6, 6.07) is 54.3. The van der Waals surface area contributed by atoms with E-state index in [2.05, 4.69) is 119 Å². The molecule has 0 amide bonds. The van der Waals surface area contributed by atoms with Gasteiger partial charge >= 0.3 is 0 Å². The number of hydrogen-bond donors (Lipinski definition) is 0. The van der Waals surface area contributed by atoms with Crippen LogP contribution in [0.4, 0.5) is 5.69 Å². The number of benzene rings is 7. The normalized spacial score (nSPS) is 11.6. The molecule has 11 aromatic rings. The first kappa shape index (κ1) is 31.4. The van der Waals surface area contributed by atoms with Gasteiger partial charge in [0.25, 0.3) is 0 Å². The number of nitriles is 1. The van der Waals surface area contributed by atoms with Crippen molar-refractivity contribution in [3.63, 3.8) is 0 Å². The molecule has 0 fully saturated rings. The van der Waals surface area contributed by atoms with E-state index in [0.29, 0.717) is 34.0 Å². The van der Waals surface area contributed by atoms with E-state index < -0.39 is 0 Å². The standard InChI is InChI=1S/C48H25N5S2/c1-50-38-25-29(20-24-40(38)53-39-16-8-5-13-31(39)35-22-23-36-33-15-7-10-18-42(33)55-47(36)46(35)53)45-37(27-49)44(28-11-3-2-4-12-28)51-48(52-45)30-19-21-34-32-14-6-9-17-41(32)54-43(34)26-30/h2-26H. The number of aromatic nitrogens is 3. The zero-order valence-electron chi connectivity index (χ0n) is 29.0. The van der Waals surface area contributed by atoms with Crippen LogP contribution >= 0.6 is 22.7 Å². The summed E-state index contributed by atoms with van der Waals surface area (Å²) in [7, 11) is 0. The van der Waals surface area contributed by atoms with Crippen LogP contribution in [0.1, 0.15) is 5.56 Å². The number of hydrogen-bond acceptors (Lipinski definition) is 5. The lowest BCUT2D eigenvalue weighted by Gasteiger charge is -2.15. The van der Waals surface area contributed by atoms with Gasteiger partial charge in [0, 0.05) is 57.5 Å². The zero-order valence-corrected chi connectivity index (χ0v) is 30.6. The molecule has 4 aromatic heterocycles. The SMILES string of the molecule is [C-]#[N+]c1cc(-c2nc(-c3ccc4c(c3)sc3ccccc34)nc(-c3ccccc3)c2C#N)ccc1-n1c2ccccc2c2ccc3c4ccccc4sc3c21. The van der Waals surface area contributed by atoms with Crippen LogP contribution in [-0.2, 0) is 0 Å². The number of nitrogens with zero attached hydrogens (tertiary/aromatic N) is 5. The first-order valence-corrected chi connectivity index (χ1v) is 19.5. The molecule has 0 atom stereocenters. The molecule has 55 heavy (non-hydrogen) atoms. The molecule has 0 spiro atoms. The van der Waals surface area contributed by atoms with Crippen molar-refractivity contribution in [2.24, 2.45) is 0 Å². The van der Waals surface area contributed by atoms with Gasteiger partial charge in [-0.25, -0.2) is 14.8 Å². The highest BCUT2D eigenvalue weighted by Crippen LogP contribution is 2.45. The van der Waals surface area contributed by atoms with E-state index >= 15 is 0 Å². The highest BCUT2D eigenvalue weighted by atomic mass is 32.1. The van der Waals surface area contributed by atoms with Crippen LogP contribution in [-0.4, -0.2) is 14.5 Å². The van der Waals surface area contributed by atoms with Crippen molar-refractivity contribution >= 4 is 90.5 Å². The summed E-state index contributed by atoms with van der Waals surface area (Å²) in [5.41, 5.74) is 7.15. The van der Waals surface area contributed by atoms with Crippen LogP contribution in [0.25, 0.3) is 107 Å². The Morgan fingerprint density at radius 3 is 1.95 bits per heavy atom. The summed E-state index contributed by atoms with van der Waals surface area (Å²) in [5.74, 6) is 0.523. The maximum absolute atomic E-state index is 10.7. The molecule has 11 rings (SSSR count). The Morgan fingerprint density at radius 2 is 1.16 bits per heavy atom. The highest BCUT2D eigenvalue weighted by molar-refractivity contribution is 7.26. The third-order valence-corrected chi connectivity index (χ3v) is 12.8. The number of fused-ring (bicyclic) bond motifs is 10. The van der Waals surface area contributed by atoms with Crippen molar-refractivity contribution in [1.82, 2.24) is 14.5 Å². The predicted octanol–water partition coefficient (Wildman–Crippen LogP) is 13.7. The van der Waals surface area contributed by atoms with Crippen LogP contribution in [0, 0.1) is 17.9 Å². The van der Waals surface area contributed by atoms with E-state index in [-0.39, 0.29) is 0 Å². The monoisotopic (exact) mass is 735 g/mol. The molecule has 7 aromatic carbocycles. The lowest BCUT2D eigenvalue weighted by Crippen LogP contribution is -2.01. The molecular weight excluding hydrogens is 711 g/mol. The van der Waals surface area contributed by atoms with Crippen LogP contribution in [0.2, 0.25) is 0 Å². The van der Waals surface area contributed by atoms with Gasteiger partial charge in [-0.2, -0.15) is 5.26 Å². The average Bonchev–Trinajstić information content (AvgIpc) is 3.92. The van der Waals surface area contributed by atoms with Crippen LogP contribution < -0.4 is 0 Å². The zero-order chi connectivity index (χ0) is 36.6. The van der Waals surface area contributed by atoms with Gasteiger partial charge in [0.05, 0.1) is 39.4 Å². The number of para-hydroxylation sites is 1. The Kier molecular flexibility index (Phi) is 6.96. The lowest BCUT2D eigenvalue weighted by atomic mass is 9.99. The molecule has 5 nitrogen and oxygen atoms in total. The topological polar surface area (TPSA) is 58.9 Å². The van der Waals surface area contributed by atoms with Gasteiger partial charge in [0.2, 0.25) is 5.69 Å². The van der Waals surface area contributed by atoms with Gasteiger partial charge in [-0.05, 0) is 42.0 Å². The molecule has 0 N–H and O–H groups in total. The molecule has 0 aliphatic heterocycles. The predicted molar refractivity (Wildman–Crippen MR) is 229 cm³/mol. The summed E-state index contributed by atoms with van der Waals surface area (Å²) < 4.78 is 7.03. The minimum absolute atomic E-state index is 0.366. The fraction of sp³-hybridized carbons (Fsp3) is 0. The average molecular weight is 736 g/mol. The summed E-state index contributed by atoms with van der Waals surface area (Å²) in [6.07, 6.45) is 0. The van der Waals surface area contributed by atoms with Crippen LogP contribution in [0.3, 0.4) is 0 Å². The van der Waals surface area contributed by atoms with E-state index in [9.17, 15) is 5.26 Å². The maximum Gasteiger partial charge on any atom is 0.211 e. The second-order valence-corrected chi connectivity index (χ2v) is 15.6. The van der Waals surface area contributed by atoms with Crippen molar-refractivity contribution in [2.75, 3.05) is 0 Å². The van der Waals surface area contributed by atoms with E-state index in [1.807, 2.05) is 48.5 Å². The summed E-state index contributed by atoms with van der Waals surface area (Å²) in [6.45, 7) is 8.51. The molecule has 0 saturated carbocycles. The molecule has 7 heteroatoms. The Morgan fingerprint density at radius 1 is 0.545 bits per heavy atom. The van der Waals surface area contributed by atoms with E-state index in [1.165, 1.54) is 35.6 Å².